The van der Waals surface area contributed by atoms with Gasteiger partial charge in [-0.3, -0.25) is 0 Å². The summed E-state index contributed by atoms with van der Waals surface area (Å²) in [5.41, 5.74) is 2.57. The van der Waals surface area contributed by atoms with Gasteiger partial charge in [-0.1, -0.05) is 6.07 Å². The molecule has 0 radical (unpaired) electrons. The zero-order valence-corrected chi connectivity index (χ0v) is 11.3. The molecule has 100 valence electrons. The van der Waals surface area contributed by atoms with E-state index in [2.05, 4.69) is 5.32 Å². The van der Waals surface area contributed by atoms with Gasteiger partial charge in [0.1, 0.15) is 5.82 Å². The quantitative estimate of drug-likeness (QED) is 0.888. The van der Waals surface area contributed by atoms with Crippen molar-refractivity contribution in [2.45, 2.75) is 26.2 Å². The van der Waals surface area contributed by atoms with Crippen LogP contribution in [0.5, 0.6) is 0 Å². The molecular weight excluding hydrogens is 229 g/mol. The zero-order valence-electron chi connectivity index (χ0n) is 11.3. The molecule has 0 spiro atoms. The lowest BCUT2D eigenvalue weighted by molar-refractivity contribution is 0.0157. The lowest BCUT2D eigenvalue weighted by Crippen LogP contribution is -2.39. The molecule has 0 bridgehead atoms. The lowest BCUT2D eigenvalue weighted by atomic mass is 9.74. The summed E-state index contributed by atoms with van der Waals surface area (Å²) >= 11 is 0. The van der Waals surface area contributed by atoms with Crippen molar-refractivity contribution in [2.75, 3.05) is 26.8 Å². The van der Waals surface area contributed by atoms with Gasteiger partial charge in [-0.15, -0.1) is 0 Å². The molecule has 2 rings (SSSR count). The maximum Gasteiger partial charge on any atom is 0.123 e. The summed E-state index contributed by atoms with van der Waals surface area (Å²) < 4.78 is 18.6. The largest absolute Gasteiger partial charge is 0.381 e. The fraction of sp³-hybridized carbons (Fsp3) is 0.600. The summed E-state index contributed by atoms with van der Waals surface area (Å²) in [7, 11) is 1.99. The maximum atomic E-state index is 13.1. The Morgan fingerprint density at radius 3 is 2.67 bits per heavy atom. The van der Waals surface area contributed by atoms with Crippen LogP contribution in [0.1, 0.15) is 24.0 Å². The molecule has 1 heterocycles. The van der Waals surface area contributed by atoms with Gasteiger partial charge in [0.25, 0.3) is 0 Å². The zero-order chi connectivity index (χ0) is 13.0. The lowest BCUT2D eigenvalue weighted by Gasteiger charge is -2.37. The number of aryl methyl sites for hydroxylation is 1. The molecular formula is C15H22FNO. The highest BCUT2D eigenvalue weighted by atomic mass is 19.1. The number of ether oxygens (including phenoxy) is 1. The Morgan fingerprint density at radius 2 is 2.06 bits per heavy atom. The van der Waals surface area contributed by atoms with Gasteiger partial charge in [-0.2, -0.15) is 0 Å². The topological polar surface area (TPSA) is 21.3 Å². The second-order valence-electron chi connectivity index (χ2n) is 5.39. The van der Waals surface area contributed by atoms with Crippen molar-refractivity contribution in [2.24, 2.45) is 5.41 Å². The number of benzene rings is 1. The summed E-state index contributed by atoms with van der Waals surface area (Å²) in [6, 6.07) is 5.12. The van der Waals surface area contributed by atoms with Gasteiger partial charge >= 0.3 is 0 Å². The van der Waals surface area contributed by atoms with Crippen molar-refractivity contribution in [3.63, 3.8) is 0 Å². The molecule has 2 nitrogen and oxygen atoms in total. The van der Waals surface area contributed by atoms with Crippen molar-refractivity contribution >= 4 is 0 Å². The van der Waals surface area contributed by atoms with Crippen LogP contribution in [0.2, 0.25) is 0 Å². The van der Waals surface area contributed by atoms with E-state index in [1.807, 2.05) is 20.0 Å². The van der Waals surface area contributed by atoms with E-state index in [1.54, 1.807) is 12.1 Å². The first kappa shape index (κ1) is 13.5. The van der Waals surface area contributed by atoms with E-state index in [0.29, 0.717) is 0 Å². The molecule has 0 saturated carbocycles. The van der Waals surface area contributed by atoms with Crippen molar-refractivity contribution in [1.29, 1.82) is 0 Å². The average molecular weight is 251 g/mol. The normalized spacial score (nSPS) is 18.8. The van der Waals surface area contributed by atoms with Gasteiger partial charge in [0, 0.05) is 19.8 Å². The Kier molecular flexibility index (Phi) is 4.36. The number of rotatable bonds is 4. The predicted molar refractivity (Wildman–Crippen MR) is 71.3 cm³/mol. The molecule has 1 saturated heterocycles. The van der Waals surface area contributed by atoms with E-state index in [-0.39, 0.29) is 11.2 Å². The van der Waals surface area contributed by atoms with Crippen molar-refractivity contribution in [3.8, 4) is 0 Å². The molecule has 0 aliphatic carbocycles. The second kappa shape index (κ2) is 5.81. The van der Waals surface area contributed by atoms with Crippen LogP contribution in [0.15, 0.2) is 18.2 Å². The van der Waals surface area contributed by atoms with Gasteiger partial charge in [0.15, 0.2) is 0 Å². The van der Waals surface area contributed by atoms with Crippen LogP contribution in [0.25, 0.3) is 0 Å². The minimum Gasteiger partial charge on any atom is -0.381 e. The first-order valence-electron chi connectivity index (χ1n) is 6.63. The maximum absolute atomic E-state index is 13.1. The number of halogens is 1. The Bertz CT molecular complexity index is 394. The third kappa shape index (κ3) is 3.09. The van der Waals surface area contributed by atoms with E-state index in [1.165, 1.54) is 5.56 Å². The van der Waals surface area contributed by atoms with Gasteiger partial charge in [-0.05, 0) is 61.9 Å². The Labute approximate surface area is 109 Å². The molecule has 1 fully saturated rings. The summed E-state index contributed by atoms with van der Waals surface area (Å²) in [6.07, 6.45) is 3.15. The summed E-state index contributed by atoms with van der Waals surface area (Å²) in [4.78, 5) is 0. The van der Waals surface area contributed by atoms with Gasteiger partial charge in [0.05, 0.1) is 0 Å². The van der Waals surface area contributed by atoms with Crippen molar-refractivity contribution in [1.82, 2.24) is 5.32 Å². The minimum absolute atomic E-state index is 0.147. The van der Waals surface area contributed by atoms with Crippen molar-refractivity contribution < 1.29 is 9.13 Å². The fourth-order valence-corrected chi connectivity index (χ4v) is 2.86. The summed E-state index contributed by atoms with van der Waals surface area (Å²) in [5.74, 6) is -0.147. The molecule has 1 aliphatic rings. The predicted octanol–water partition coefficient (Wildman–Crippen LogP) is 2.69. The molecule has 3 heteroatoms. The van der Waals surface area contributed by atoms with E-state index in [4.69, 9.17) is 4.74 Å². The van der Waals surface area contributed by atoms with Gasteiger partial charge in [0.2, 0.25) is 0 Å². The van der Waals surface area contributed by atoms with E-state index in [9.17, 15) is 4.39 Å². The van der Waals surface area contributed by atoms with Gasteiger partial charge < -0.3 is 10.1 Å². The van der Waals surface area contributed by atoms with Crippen LogP contribution in [-0.4, -0.2) is 26.8 Å². The summed E-state index contributed by atoms with van der Waals surface area (Å²) in [6.45, 7) is 4.65. The number of hydrogen-bond donors (Lipinski definition) is 1. The van der Waals surface area contributed by atoms with E-state index >= 15 is 0 Å². The molecule has 0 aromatic heterocycles. The molecule has 1 aromatic carbocycles. The molecule has 0 atom stereocenters. The van der Waals surface area contributed by atoms with Crippen LogP contribution < -0.4 is 5.32 Å². The van der Waals surface area contributed by atoms with Crippen LogP contribution >= 0.6 is 0 Å². The van der Waals surface area contributed by atoms with Crippen molar-refractivity contribution in [3.05, 3.63) is 35.1 Å². The van der Waals surface area contributed by atoms with Crippen LogP contribution in [0.3, 0.4) is 0 Å². The molecule has 0 amide bonds. The third-order valence-corrected chi connectivity index (χ3v) is 3.98. The molecule has 18 heavy (non-hydrogen) atoms. The monoisotopic (exact) mass is 251 g/mol. The highest BCUT2D eigenvalue weighted by Gasteiger charge is 2.32. The average Bonchev–Trinajstić information content (AvgIpc) is 2.34. The highest BCUT2D eigenvalue weighted by molar-refractivity contribution is 5.28. The van der Waals surface area contributed by atoms with Crippen LogP contribution in [0, 0.1) is 18.2 Å². The standard InChI is InChI=1S/C15H22FNO/c1-12-9-14(16)4-3-13(12)10-15(11-17-2)5-7-18-8-6-15/h3-4,9,17H,5-8,10-11H2,1-2H3. The highest BCUT2D eigenvalue weighted by Crippen LogP contribution is 2.34. The molecule has 1 N–H and O–H groups in total. The summed E-state index contributed by atoms with van der Waals surface area (Å²) in [5, 5.41) is 3.30. The Morgan fingerprint density at radius 1 is 1.33 bits per heavy atom. The molecule has 1 aromatic rings. The fourth-order valence-electron chi connectivity index (χ4n) is 2.86. The second-order valence-corrected chi connectivity index (χ2v) is 5.39. The van der Waals surface area contributed by atoms with Crippen LogP contribution in [-0.2, 0) is 11.2 Å². The first-order valence-corrected chi connectivity index (χ1v) is 6.63. The van der Waals surface area contributed by atoms with Crippen LogP contribution in [0.4, 0.5) is 4.39 Å². The van der Waals surface area contributed by atoms with E-state index < -0.39 is 0 Å². The first-order chi connectivity index (χ1) is 8.65. The third-order valence-electron chi connectivity index (χ3n) is 3.98. The smallest absolute Gasteiger partial charge is 0.123 e. The van der Waals surface area contributed by atoms with E-state index in [0.717, 1.165) is 44.6 Å². The van der Waals surface area contributed by atoms with Gasteiger partial charge in [-0.25, -0.2) is 4.39 Å². The molecule has 0 unspecified atom stereocenters. The number of hydrogen-bond acceptors (Lipinski definition) is 2. The Hall–Kier alpha value is -0.930. The Balaban J connectivity index is 2.17. The molecule has 1 aliphatic heterocycles. The minimum atomic E-state index is -0.147. The number of nitrogens with one attached hydrogen (secondary N) is 1. The SMILES string of the molecule is CNCC1(Cc2ccc(F)cc2C)CCOCC1.